The zero-order valence-electron chi connectivity index (χ0n) is 16.3. The minimum Gasteiger partial charge on any atom is -0.497 e. The van der Waals surface area contributed by atoms with Gasteiger partial charge in [0, 0.05) is 10.9 Å². The summed E-state index contributed by atoms with van der Waals surface area (Å²) in [4.78, 5) is 13.1. The number of methoxy groups -OCH3 is 2. The number of carbonyl (C=O) groups excluding carboxylic acids is 1. The molecule has 0 saturated heterocycles. The molecule has 0 aliphatic rings. The standard InChI is InChI=1S/C24H21NO4/c1-27-19-11-7-17(8-12-19)16-29-23-15-25(22-6-4-3-5-21(22)23)24(26)18-9-13-20(28-2)14-10-18/h3-15H,16H2,1-2H3. The maximum Gasteiger partial charge on any atom is 0.262 e. The summed E-state index contributed by atoms with van der Waals surface area (Å²) in [5.74, 6) is 2.05. The van der Waals surface area contributed by atoms with Gasteiger partial charge in [0.1, 0.15) is 23.9 Å². The quantitative estimate of drug-likeness (QED) is 0.471. The van der Waals surface area contributed by atoms with Gasteiger partial charge in [-0.15, -0.1) is 0 Å². The highest BCUT2D eigenvalue weighted by Crippen LogP contribution is 2.30. The molecule has 0 radical (unpaired) electrons. The van der Waals surface area contributed by atoms with Crippen molar-refractivity contribution in [1.29, 1.82) is 0 Å². The molecule has 4 rings (SSSR count). The highest BCUT2D eigenvalue weighted by molar-refractivity contribution is 6.03. The summed E-state index contributed by atoms with van der Waals surface area (Å²) in [6.07, 6.45) is 1.75. The van der Waals surface area contributed by atoms with E-state index in [0.29, 0.717) is 23.7 Å². The largest absolute Gasteiger partial charge is 0.497 e. The van der Waals surface area contributed by atoms with Gasteiger partial charge in [-0.2, -0.15) is 0 Å². The van der Waals surface area contributed by atoms with Crippen LogP contribution in [0, 0.1) is 0 Å². The van der Waals surface area contributed by atoms with E-state index < -0.39 is 0 Å². The molecule has 0 aliphatic heterocycles. The topological polar surface area (TPSA) is 49.7 Å². The number of benzene rings is 3. The maximum atomic E-state index is 13.1. The normalized spacial score (nSPS) is 10.7. The molecule has 0 amide bonds. The Labute approximate surface area is 169 Å². The Morgan fingerprint density at radius 3 is 2.10 bits per heavy atom. The lowest BCUT2D eigenvalue weighted by Crippen LogP contribution is -2.10. The second-order valence-electron chi connectivity index (χ2n) is 6.55. The molecule has 146 valence electrons. The molecule has 0 aliphatic carbocycles. The number of ether oxygens (including phenoxy) is 3. The average Bonchev–Trinajstić information content (AvgIpc) is 3.16. The first-order valence-electron chi connectivity index (χ1n) is 9.24. The number of para-hydroxylation sites is 1. The van der Waals surface area contributed by atoms with Gasteiger partial charge in [-0.25, -0.2) is 0 Å². The van der Waals surface area contributed by atoms with Crippen molar-refractivity contribution >= 4 is 16.8 Å². The monoisotopic (exact) mass is 387 g/mol. The number of aromatic nitrogens is 1. The van der Waals surface area contributed by atoms with Crippen LogP contribution in [0.4, 0.5) is 0 Å². The fraction of sp³-hybridized carbons (Fsp3) is 0.125. The molecular weight excluding hydrogens is 366 g/mol. The fourth-order valence-electron chi connectivity index (χ4n) is 3.19. The molecule has 0 saturated carbocycles. The Morgan fingerprint density at radius 2 is 1.45 bits per heavy atom. The summed E-state index contributed by atoms with van der Waals surface area (Å²) >= 11 is 0. The molecule has 5 nitrogen and oxygen atoms in total. The summed E-state index contributed by atoms with van der Waals surface area (Å²) in [7, 11) is 3.24. The Morgan fingerprint density at radius 1 is 0.828 bits per heavy atom. The van der Waals surface area contributed by atoms with Crippen molar-refractivity contribution in [3.63, 3.8) is 0 Å². The van der Waals surface area contributed by atoms with Crippen molar-refractivity contribution in [1.82, 2.24) is 4.57 Å². The molecular formula is C24H21NO4. The number of hydrogen-bond acceptors (Lipinski definition) is 4. The van der Waals surface area contributed by atoms with Crippen LogP contribution >= 0.6 is 0 Å². The summed E-state index contributed by atoms with van der Waals surface area (Å²) in [5, 5.41) is 0.892. The summed E-state index contributed by atoms with van der Waals surface area (Å²) < 4.78 is 18.0. The minimum atomic E-state index is -0.122. The predicted molar refractivity (Wildman–Crippen MR) is 112 cm³/mol. The van der Waals surface area contributed by atoms with E-state index in [1.54, 1.807) is 49.2 Å². The summed E-state index contributed by atoms with van der Waals surface area (Å²) in [5.41, 5.74) is 2.40. The van der Waals surface area contributed by atoms with E-state index in [-0.39, 0.29) is 5.91 Å². The number of carbonyl (C=O) groups is 1. The third-order valence-corrected chi connectivity index (χ3v) is 4.78. The zero-order valence-corrected chi connectivity index (χ0v) is 16.3. The lowest BCUT2D eigenvalue weighted by molar-refractivity contribution is 0.0964. The van der Waals surface area contributed by atoms with E-state index >= 15 is 0 Å². The third-order valence-electron chi connectivity index (χ3n) is 4.78. The molecule has 3 aromatic carbocycles. The molecule has 5 heteroatoms. The Hall–Kier alpha value is -3.73. The van der Waals surface area contributed by atoms with E-state index in [1.165, 1.54) is 0 Å². The van der Waals surface area contributed by atoms with E-state index in [2.05, 4.69) is 0 Å². The summed E-state index contributed by atoms with van der Waals surface area (Å²) in [6, 6.07) is 22.5. The van der Waals surface area contributed by atoms with Crippen LogP contribution in [0.15, 0.2) is 79.0 Å². The van der Waals surface area contributed by atoms with E-state index in [1.807, 2.05) is 48.5 Å². The molecule has 1 aromatic heterocycles. The van der Waals surface area contributed by atoms with Gasteiger partial charge in [0.05, 0.1) is 25.9 Å². The van der Waals surface area contributed by atoms with Crippen molar-refractivity contribution in [2.75, 3.05) is 14.2 Å². The number of fused-ring (bicyclic) bond motifs is 1. The van der Waals surface area contributed by atoms with Gasteiger partial charge in [0.15, 0.2) is 0 Å². The van der Waals surface area contributed by atoms with Crippen molar-refractivity contribution < 1.29 is 19.0 Å². The fourth-order valence-corrected chi connectivity index (χ4v) is 3.19. The second kappa shape index (κ2) is 8.10. The first kappa shape index (κ1) is 18.6. The van der Waals surface area contributed by atoms with Gasteiger partial charge in [-0.05, 0) is 54.1 Å². The van der Waals surface area contributed by atoms with Crippen LogP contribution in [0.25, 0.3) is 10.9 Å². The summed E-state index contributed by atoms with van der Waals surface area (Å²) in [6.45, 7) is 0.398. The zero-order chi connectivity index (χ0) is 20.2. The highest BCUT2D eigenvalue weighted by atomic mass is 16.5. The Bertz CT molecular complexity index is 1130. The van der Waals surface area contributed by atoms with E-state index in [9.17, 15) is 4.79 Å². The molecule has 0 N–H and O–H groups in total. The minimum absolute atomic E-state index is 0.122. The lowest BCUT2D eigenvalue weighted by atomic mass is 10.2. The van der Waals surface area contributed by atoms with Crippen LogP contribution in [0.5, 0.6) is 17.2 Å². The van der Waals surface area contributed by atoms with Crippen molar-refractivity contribution in [3.05, 3.63) is 90.1 Å². The first-order valence-corrected chi connectivity index (χ1v) is 9.24. The lowest BCUT2D eigenvalue weighted by Gasteiger charge is -2.06. The van der Waals surface area contributed by atoms with Gasteiger partial charge < -0.3 is 14.2 Å². The highest BCUT2D eigenvalue weighted by Gasteiger charge is 2.16. The van der Waals surface area contributed by atoms with Crippen LogP contribution in [-0.4, -0.2) is 24.7 Å². The van der Waals surface area contributed by atoms with Crippen molar-refractivity contribution in [2.24, 2.45) is 0 Å². The van der Waals surface area contributed by atoms with E-state index in [0.717, 1.165) is 22.2 Å². The van der Waals surface area contributed by atoms with Crippen LogP contribution in [-0.2, 0) is 6.61 Å². The predicted octanol–water partition coefficient (Wildman–Crippen LogP) is 4.93. The molecule has 1 heterocycles. The van der Waals surface area contributed by atoms with Crippen LogP contribution in [0.1, 0.15) is 15.9 Å². The number of nitrogens with zero attached hydrogens (tertiary/aromatic N) is 1. The van der Waals surface area contributed by atoms with Crippen LogP contribution < -0.4 is 14.2 Å². The molecule has 0 fully saturated rings. The van der Waals surface area contributed by atoms with Gasteiger partial charge in [0.25, 0.3) is 5.91 Å². The molecule has 0 spiro atoms. The Kier molecular flexibility index (Phi) is 5.20. The van der Waals surface area contributed by atoms with Crippen molar-refractivity contribution in [3.8, 4) is 17.2 Å². The molecule has 0 bridgehead atoms. The number of rotatable bonds is 6. The molecule has 29 heavy (non-hydrogen) atoms. The van der Waals surface area contributed by atoms with Gasteiger partial charge in [0.2, 0.25) is 0 Å². The van der Waals surface area contributed by atoms with Crippen LogP contribution in [0.3, 0.4) is 0 Å². The SMILES string of the molecule is COc1ccc(COc2cn(C(=O)c3ccc(OC)cc3)c3ccccc23)cc1. The first-order chi connectivity index (χ1) is 14.2. The van der Waals surface area contributed by atoms with Crippen LogP contribution in [0.2, 0.25) is 0 Å². The molecule has 0 atom stereocenters. The smallest absolute Gasteiger partial charge is 0.262 e. The second-order valence-corrected chi connectivity index (χ2v) is 6.55. The van der Waals surface area contributed by atoms with Crippen molar-refractivity contribution in [2.45, 2.75) is 6.61 Å². The van der Waals surface area contributed by atoms with Gasteiger partial charge in [-0.3, -0.25) is 9.36 Å². The molecule has 4 aromatic rings. The Balaban J connectivity index is 1.62. The molecule has 0 unspecified atom stereocenters. The third kappa shape index (κ3) is 3.80. The van der Waals surface area contributed by atoms with Gasteiger partial charge in [-0.1, -0.05) is 24.3 Å². The average molecular weight is 387 g/mol. The maximum absolute atomic E-state index is 13.1. The van der Waals surface area contributed by atoms with Gasteiger partial charge >= 0.3 is 0 Å². The number of hydrogen-bond donors (Lipinski definition) is 0. The van der Waals surface area contributed by atoms with E-state index in [4.69, 9.17) is 14.2 Å².